The van der Waals surface area contributed by atoms with Crippen LogP contribution in [-0.2, 0) is 4.79 Å². The lowest BCUT2D eigenvalue weighted by Crippen LogP contribution is -2.30. The normalized spacial score (nSPS) is 14.8. The second kappa shape index (κ2) is 4.96. The van der Waals surface area contributed by atoms with E-state index in [1.165, 1.54) is 25.5 Å². The fraction of sp³-hybridized carbons (Fsp3) is 0.462. The minimum Gasteiger partial charge on any atom is -0.300 e. The summed E-state index contributed by atoms with van der Waals surface area (Å²) in [4.78, 5) is 17.6. The number of carbonyl (C=O) groups is 1. The molecule has 4 nitrogen and oxygen atoms in total. The topological polar surface area (TPSA) is 57.0 Å². The summed E-state index contributed by atoms with van der Waals surface area (Å²) in [6.45, 7) is 0. The minimum absolute atomic E-state index is 0.104. The first kappa shape index (κ1) is 11.6. The van der Waals surface area contributed by atoms with Crippen LogP contribution in [0.3, 0.4) is 0 Å². The van der Waals surface area contributed by atoms with E-state index >= 15 is 0 Å². The smallest absolute Gasteiger partial charge is 0.228 e. The molecule has 1 aromatic rings. The van der Waals surface area contributed by atoms with E-state index in [1.54, 1.807) is 24.1 Å². The Hall–Kier alpha value is -1.89. The molecule has 1 fully saturated rings. The molecule has 0 radical (unpaired) electrons. The van der Waals surface area contributed by atoms with Crippen LogP contribution >= 0.6 is 0 Å². The van der Waals surface area contributed by atoms with Crippen LogP contribution in [0.15, 0.2) is 18.3 Å². The molecule has 0 aliphatic heterocycles. The van der Waals surface area contributed by atoms with Crippen molar-refractivity contribution in [2.45, 2.75) is 25.7 Å². The van der Waals surface area contributed by atoms with Crippen molar-refractivity contribution >= 4 is 11.7 Å². The number of nitrogens with zero attached hydrogens (tertiary/aromatic N) is 3. The molecular weight excluding hydrogens is 214 g/mol. The summed E-state index contributed by atoms with van der Waals surface area (Å²) in [5, 5.41) is 8.66. The molecule has 0 aromatic carbocycles. The molecule has 1 aliphatic rings. The molecule has 0 unspecified atom stereocenters. The number of rotatable bonds is 3. The highest BCUT2D eigenvalue weighted by Crippen LogP contribution is 2.30. The molecule has 2 rings (SSSR count). The van der Waals surface area contributed by atoms with Gasteiger partial charge in [0, 0.05) is 19.7 Å². The average Bonchev–Trinajstić information content (AvgIpc) is 2.32. The molecule has 1 aliphatic carbocycles. The van der Waals surface area contributed by atoms with Crippen molar-refractivity contribution in [3.63, 3.8) is 0 Å². The van der Waals surface area contributed by atoms with Gasteiger partial charge in [-0.3, -0.25) is 9.69 Å². The van der Waals surface area contributed by atoms with E-state index in [2.05, 4.69) is 4.98 Å². The first-order chi connectivity index (χ1) is 8.20. The fourth-order valence-corrected chi connectivity index (χ4v) is 1.86. The second-order valence-electron chi connectivity index (χ2n) is 4.47. The largest absolute Gasteiger partial charge is 0.300 e. The number of pyridine rings is 1. The fourth-order valence-electron chi connectivity index (χ4n) is 1.86. The Morgan fingerprint density at radius 1 is 1.59 bits per heavy atom. The predicted molar refractivity (Wildman–Crippen MR) is 64.3 cm³/mol. The summed E-state index contributed by atoms with van der Waals surface area (Å²) >= 11 is 0. The summed E-state index contributed by atoms with van der Waals surface area (Å²) in [6, 6.07) is 5.39. The van der Waals surface area contributed by atoms with E-state index in [4.69, 9.17) is 5.26 Å². The van der Waals surface area contributed by atoms with Gasteiger partial charge in [0.05, 0.1) is 5.56 Å². The molecule has 0 N–H and O–H groups in total. The zero-order valence-electron chi connectivity index (χ0n) is 9.89. The van der Waals surface area contributed by atoms with Gasteiger partial charge in [0.25, 0.3) is 0 Å². The molecule has 0 spiro atoms. The SMILES string of the molecule is CN(C(=O)CC1CCC1)c1ccc(C#N)cn1. The van der Waals surface area contributed by atoms with Crippen molar-refractivity contribution in [3.8, 4) is 6.07 Å². The summed E-state index contributed by atoms with van der Waals surface area (Å²) < 4.78 is 0. The third-order valence-corrected chi connectivity index (χ3v) is 3.28. The Balaban J connectivity index is 1.99. The van der Waals surface area contributed by atoms with Crippen LogP contribution in [0, 0.1) is 17.2 Å². The molecule has 88 valence electrons. The van der Waals surface area contributed by atoms with Gasteiger partial charge in [0.2, 0.25) is 5.91 Å². The van der Waals surface area contributed by atoms with E-state index in [9.17, 15) is 4.79 Å². The molecule has 1 saturated carbocycles. The van der Waals surface area contributed by atoms with Gasteiger partial charge in [0.1, 0.15) is 11.9 Å². The third kappa shape index (κ3) is 2.62. The van der Waals surface area contributed by atoms with E-state index in [0.717, 1.165) is 0 Å². The van der Waals surface area contributed by atoms with Gasteiger partial charge in [-0.05, 0) is 30.9 Å². The zero-order chi connectivity index (χ0) is 12.3. The van der Waals surface area contributed by atoms with Gasteiger partial charge in [-0.15, -0.1) is 0 Å². The Kier molecular flexibility index (Phi) is 3.38. The van der Waals surface area contributed by atoms with Gasteiger partial charge in [-0.1, -0.05) is 6.42 Å². The summed E-state index contributed by atoms with van der Waals surface area (Å²) in [7, 11) is 1.73. The predicted octanol–water partition coefficient (Wildman–Crippen LogP) is 2.11. The van der Waals surface area contributed by atoms with Gasteiger partial charge < -0.3 is 0 Å². The molecule has 1 aromatic heterocycles. The number of anilines is 1. The first-order valence-corrected chi connectivity index (χ1v) is 5.83. The van der Waals surface area contributed by atoms with E-state index < -0.39 is 0 Å². The molecule has 0 bridgehead atoms. The number of hydrogen-bond donors (Lipinski definition) is 0. The maximum absolute atomic E-state index is 11.9. The monoisotopic (exact) mass is 229 g/mol. The highest BCUT2D eigenvalue weighted by atomic mass is 16.2. The molecule has 0 saturated heterocycles. The van der Waals surface area contributed by atoms with Crippen LogP contribution < -0.4 is 4.90 Å². The molecule has 0 atom stereocenters. The standard InChI is InChI=1S/C13H15N3O/c1-16(13(17)7-10-3-2-4-10)12-6-5-11(8-14)9-15-12/h5-6,9-10H,2-4,7H2,1H3. The number of nitriles is 1. The van der Waals surface area contributed by atoms with Crippen LogP contribution in [0.4, 0.5) is 5.82 Å². The van der Waals surface area contributed by atoms with Gasteiger partial charge in [0.15, 0.2) is 0 Å². The number of hydrogen-bond acceptors (Lipinski definition) is 3. The average molecular weight is 229 g/mol. The van der Waals surface area contributed by atoms with Crippen molar-refractivity contribution in [3.05, 3.63) is 23.9 Å². The van der Waals surface area contributed by atoms with Crippen LogP contribution in [-0.4, -0.2) is 17.9 Å². The maximum Gasteiger partial charge on any atom is 0.228 e. The third-order valence-electron chi connectivity index (χ3n) is 3.28. The number of amides is 1. The van der Waals surface area contributed by atoms with Crippen molar-refractivity contribution in [2.75, 3.05) is 11.9 Å². The second-order valence-corrected chi connectivity index (χ2v) is 4.47. The molecular formula is C13H15N3O. The zero-order valence-corrected chi connectivity index (χ0v) is 9.89. The van der Waals surface area contributed by atoms with Gasteiger partial charge >= 0.3 is 0 Å². The lowest BCUT2D eigenvalue weighted by molar-refractivity contribution is -0.119. The Morgan fingerprint density at radius 2 is 2.35 bits per heavy atom. The molecule has 4 heteroatoms. The van der Waals surface area contributed by atoms with E-state index in [0.29, 0.717) is 23.7 Å². The number of aromatic nitrogens is 1. The minimum atomic E-state index is 0.104. The molecule has 1 amide bonds. The first-order valence-electron chi connectivity index (χ1n) is 5.83. The van der Waals surface area contributed by atoms with E-state index in [-0.39, 0.29) is 5.91 Å². The molecule has 17 heavy (non-hydrogen) atoms. The quantitative estimate of drug-likeness (QED) is 0.797. The van der Waals surface area contributed by atoms with E-state index in [1.807, 2.05) is 6.07 Å². The van der Waals surface area contributed by atoms with Crippen molar-refractivity contribution in [2.24, 2.45) is 5.92 Å². The van der Waals surface area contributed by atoms with Crippen LogP contribution in [0.25, 0.3) is 0 Å². The van der Waals surface area contributed by atoms with Gasteiger partial charge in [-0.2, -0.15) is 5.26 Å². The number of carbonyl (C=O) groups excluding carboxylic acids is 1. The van der Waals surface area contributed by atoms with Crippen LogP contribution in [0.2, 0.25) is 0 Å². The summed E-state index contributed by atoms with van der Waals surface area (Å²) in [5.74, 6) is 1.27. The lowest BCUT2D eigenvalue weighted by Gasteiger charge is -2.26. The van der Waals surface area contributed by atoms with Crippen molar-refractivity contribution in [1.29, 1.82) is 5.26 Å². The van der Waals surface area contributed by atoms with Gasteiger partial charge in [-0.25, -0.2) is 4.98 Å². The Bertz CT molecular complexity index is 443. The summed E-state index contributed by atoms with van der Waals surface area (Å²) in [6.07, 6.45) is 5.68. The van der Waals surface area contributed by atoms with Crippen LogP contribution in [0.5, 0.6) is 0 Å². The Labute approximate surface area is 101 Å². The molecule has 1 heterocycles. The lowest BCUT2D eigenvalue weighted by atomic mass is 9.83. The van der Waals surface area contributed by atoms with Crippen LogP contribution in [0.1, 0.15) is 31.2 Å². The highest BCUT2D eigenvalue weighted by Gasteiger charge is 2.23. The van der Waals surface area contributed by atoms with Crippen molar-refractivity contribution < 1.29 is 4.79 Å². The highest BCUT2D eigenvalue weighted by molar-refractivity contribution is 5.92. The Morgan fingerprint density at radius 3 is 2.82 bits per heavy atom. The maximum atomic E-state index is 11.9. The summed E-state index contributed by atoms with van der Waals surface area (Å²) in [5.41, 5.74) is 0.508. The van der Waals surface area contributed by atoms with Crippen molar-refractivity contribution in [1.82, 2.24) is 4.98 Å².